The quantitative estimate of drug-likeness (QED) is 0.849. The minimum absolute atomic E-state index is 0.0515. The Kier molecular flexibility index (Phi) is 2.46. The van der Waals surface area contributed by atoms with Crippen molar-refractivity contribution in [1.29, 1.82) is 0 Å². The highest BCUT2D eigenvalue weighted by Crippen LogP contribution is 2.21. The van der Waals surface area contributed by atoms with E-state index < -0.39 is 0 Å². The molecule has 15 heavy (non-hydrogen) atoms. The van der Waals surface area contributed by atoms with Crippen molar-refractivity contribution in [1.82, 2.24) is 9.78 Å². The Bertz CT molecular complexity index is 566. The SMILES string of the molecule is Cc1cc2c(=O)n(C(C)C)[nH]c2cc1Br. The first kappa shape index (κ1) is 10.5. The van der Waals surface area contributed by atoms with Gasteiger partial charge in [0.1, 0.15) is 0 Å². The molecule has 0 saturated carbocycles. The third-order valence-corrected chi connectivity index (χ3v) is 3.36. The highest BCUT2D eigenvalue weighted by Gasteiger charge is 2.10. The van der Waals surface area contributed by atoms with Crippen molar-refractivity contribution in [3.63, 3.8) is 0 Å². The molecule has 0 aliphatic heterocycles. The molecule has 0 radical (unpaired) electrons. The van der Waals surface area contributed by atoms with Gasteiger partial charge in [0.2, 0.25) is 0 Å². The van der Waals surface area contributed by atoms with Crippen LogP contribution in [0, 0.1) is 6.92 Å². The van der Waals surface area contributed by atoms with Gasteiger partial charge in [-0.25, -0.2) is 4.68 Å². The number of hydrogen-bond acceptors (Lipinski definition) is 1. The summed E-state index contributed by atoms with van der Waals surface area (Å²) < 4.78 is 2.67. The van der Waals surface area contributed by atoms with Crippen molar-refractivity contribution in [2.24, 2.45) is 0 Å². The van der Waals surface area contributed by atoms with Crippen LogP contribution in [0.5, 0.6) is 0 Å². The van der Waals surface area contributed by atoms with E-state index in [0.717, 1.165) is 20.9 Å². The Labute approximate surface area is 96.2 Å². The first-order valence-electron chi connectivity index (χ1n) is 4.91. The molecule has 1 heterocycles. The number of aromatic amines is 1. The lowest BCUT2D eigenvalue weighted by Crippen LogP contribution is -2.18. The molecule has 0 saturated heterocycles. The Hall–Kier alpha value is -1.03. The summed E-state index contributed by atoms with van der Waals surface area (Å²) in [7, 11) is 0. The van der Waals surface area contributed by atoms with E-state index >= 15 is 0 Å². The van der Waals surface area contributed by atoms with Gasteiger partial charge >= 0.3 is 0 Å². The number of halogens is 1. The zero-order chi connectivity index (χ0) is 11.2. The monoisotopic (exact) mass is 268 g/mol. The first-order chi connectivity index (χ1) is 7.00. The molecule has 0 amide bonds. The Balaban J connectivity index is 2.83. The number of aryl methyl sites for hydroxylation is 1. The lowest BCUT2D eigenvalue weighted by molar-refractivity contribution is 0.522. The van der Waals surface area contributed by atoms with Crippen LogP contribution in [-0.4, -0.2) is 9.78 Å². The van der Waals surface area contributed by atoms with E-state index in [9.17, 15) is 4.79 Å². The summed E-state index contributed by atoms with van der Waals surface area (Å²) in [6, 6.07) is 4.02. The van der Waals surface area contributed by atoms with Crippen LogP contribution in [0.25, 0.3) is 10.9 Å². The third-order valence-electron chi connectivity index (χ3n) is 2.51. The minimum Gasteiger partial charge on any atom is -0.295 e. The van der Waals surface area contributed by atoms with Crippen molar-refractivity contribution in [3.8, 4) is 0 Å². The number of rotatable bonds is 1. The van der Waals surface area contributed by atoms with E-state index in [4.69, 9.17) is 0 Å². The Morgan fingerprint density at radius 1 is 1.40 bits per heavy atom. The van der Waals surface area contributed by atoms with Gasteiger partial charge < -0.3 is 0 Å². The predicted octanol–water partition coefficient (Wildman–Crippen LogP) is 2.98. The smallest absolute Gasteiger partial charge is 0.274 e. The standard InChI is InChI=1S/C11H13BrN2O/c1-6(2)14-11(15)8-4-7(3)9(12)5-10(8)13-14/h4-6,13H,1-3H3. The summed E-state index contributed by atoms with van der Waals surface area (Å²) in [6.45, 7) is 5.95. The second kappa shape index (κ2) is 3.52. The summed E-state index contributed by atoms with van der Waals surface area (Å²) in [4.78, 5) is 11.9. The van der Waals surface area contributed by atoms with Gasteiger partial charge in [-0.05, 0) is 38.5 Å². The highest BCUT2D eigenvalue weighted by atomic mass is 79.9. The molecular weight excluding hydrogens is 256 g/mol. The number of benzene rings is 1. The van der Waals surface area contributed by atoms with E-state index in [-0.39, 0.29) is 11.6 Å². The van der Waals surface area contributed by atoms with Crippen molar-refractivity contribution < 1.29 is 0 Å². The van der Waals surface area contributed by atoms with Gasteiger partial charge in [-0.3, -0.25) is 9.89 Å². The Morgan fingerprint density at radius 3 is 2.67 bits per heavy atom. The van der Waals surface area contributed by atoms with Crippen LogP contribution in [0.3, 0.4) is 0 Å². The van der Waals surface area contributed by atoms with Crippen LogP contribution in [-0.2, 0) is 0 Å². The van der Waals surface area contributed by atoms with Gasteiger partial charge in [-0.1, -0.05) is 15.9 Å². The lowest BCUT2D eigenvalue weighted by Gasteiger charge is -2.03. The van der Waals surface area contributed by atoms with Gasteiger partial charge in [0.05, 0.1) is 10.9 Å². The zero-order valence-electron chi connectivity index (χ0n) is 8.97. The van der Waals surface area contributed by atoms with Gasteiger partial charge in [-0.2, -0.15) is 0 Å². The van der Waals surface area contributed by atoms with Crippen molar-refractivity contribution in [2.45, 2.75) is 26.8 Å². The van der Waals surface area contributed by atoms with Crippen molar-refractivity contribution in [2.75, 3.05) is 0 Å². The minimum atomic E-state index is 0.0515. The number of aromatic nitrogens is 2. The summed E-state index contributed by atoms with van der Waals surface area (Å²) in [5.41, 5.74) is 2.01. The zero-order valence-corrected chi connectivity index (χ0v) is 10.6. The van der Waals surface area contributed by atoms with Crippen LogP contribution >= 0.6 is 15.9 Å². The average Bonchev–Trinajstić information content (AvgIpc) is 2.46. The van der Waals surface area contributed by atoms with E-state index in [1.165, 1.54) is 0 Å². The van der Waals surface area contributed by atoms with Gasteiger partial charge in [0.15, 0.2) is 0 Å². The molecule has 2 rings (SSSR count). The molecule has 80 valence electrons. The largest absolute Gasteiger partial charge is 0.295 e. The van der Waals surface area contributed by atoms with Crippen LogP contribution in [0.1, 0.15) is 25.5 Å². The number of nitrogens with zero attached hydrogens (tertiary/aromatic N) is 1. The maximum atomic E-state index is 11.9. The average molecular weight is 269 g/mol. The molecule has 3 nitrogen and oxygen atoms in total. The number of fused-ring (bicyclic) bond motifs is 1. The second-order valence-electron chi connectivity index (χ2n) is 4.03. The maximum absolute atomic E-state index is 11.9. The summed E-state index contributed by atoms with van der Waals surface area (Å²) in [5, 5.41) is 3.86. The molecule has 0 spiro atoms. The molecule has 4 heteroatoms. The van der Waals surface area contributed by atoms with Crippen molar-refractivity contribution >= 4 is 26.8 Å². The molecule has 0 atom stereocenters. The second-order valence-corrected chi connectivity index (χ2v) is 4.88. The van der Waals surface area contributed by atoms with Gasteiger partial charge in [-0.15, -0.1) is 0 Å². The predicted molar refractivity (Wildman–Crippen MR) is 65.4 cm³/mol. The van der Waals surface area contributed by atoms with E-state index in [1.54, 1.807) is 4.68 Å². The molecule has 2 aromatic rings. The van der Waals surface area contributed by atoms with Crippen LogP contribution in [0.4, 0.5) is 0 Å². The molecule has 0 aliphatic carbocycles. The third kappa shape index (κ3) is 1.63. The molecular formula is C11H13BrN2O. The molecule has 1 aromatic heterocycles. The van der Waals surface area contributed by atoms with E-state index in [1.807, 2.05) is 32.9 Å². The fourth-order valence-electron chi connectivity index (χ4n) is 1.62. The van der Waals surface area contributed by atoms with Gasteiger partial charge in [0.25, 0.3) is 5.56 Å². The topological polar surface area (TPSA) is 37.8 Å². The number of H-pyrrole nitrogens is 1. The lowest BCUT2D eigenvalue weighted by atomic mass is 10.2. The molecule has 1 aromatic carbocycles. The molecule has 1 N–H and O–H groups in total. The van der Waals surface area contributed by atoms with E-state index in [2.05, 4.69) is 21.0 Å². The van der Waals surface area contributed by atoms with Crippen LogP contribution in [0.2, 0.25) is 0 Å². The fourth-order valence-corrected chi connectivity index (χ4v) is 1.97. The van der Waals surface area contributed by atoms with Crippen LogP contribution < -0.4 is 5.56 Å². The Morgan fingerprint density at radius 2 is 2.07 bits per heavy atom. The van der Waals surface area contributed by atoms with Crippen LogP contribution in [0.15, 0.2) is 21.4 Å². The molecule has 0 unspecified atom stereocenters. The summed E-state index contributed by atoms with van der Waals surface area (Å²) in [6.07, 6.45) is 0. The summed E-state index contributed by atoms with van der Waals surface area (Å²) in [5.74, 6) is 0. The molecule has 0 fully saturated rings. The highest BCUT2D eigenvalue weighted by molar-refractivity contribution is 9.10. The van der Waals surface area contributed by atoms with E-state index in [0.29, 0.717) is 0 Å². The molecule has 0 bridgehead atoms. The number of nitrogens with one attached hydrogen (secondary N) is 1. The van der Waals surface area contributed by atoms with Crippen molar-refractivity contribution in [3.05, 3.63) is 32.5 Å². The first-order valence-corrected chi connectivity index (χ1v) is 5.70. The van der Waals surface area contributed by atoms with Gasteiger partial charge in [0, 0.05) is 10.5 Å². The number of hydrogen-bond donors (Lipinski definition) is 1. The summed E-state index contributed by atoms with van der Waals surface area (Å²) >= 11 is 3.46. The maximum Gasteiger partial charge on any atom is 0.274 e. The molecule has 0 aliphatic rings. The fraction of sp³-hybridized carbons (Fsp3) is 0.364. The normalized spacial score (nSPS) is 11.5.